The number of rotatable bonds is 2. The summed E-state index contributed by atoms with van der Waals surface area (Å²) < 4.78 is 5.25. The van der Waals surface area contributed by atoms with Gasteiger partial charge in [0.1, 0.15) is 5.76 Å². The number of carbonyl (C=O) groups is 1. The van der Waals surface area contributed by atoms with E-state index >= 15 is 0 Å². The maximum atomic E-state index is 11.6. The van der Waals surface area contributed by atoms with Gasteiger partial charge in [0.15, 0.2) is 0 Å². The van der Waals surface area contributed by atoms with Gasteiger partial charge < -0.3 is 4.74 Å². The molecule has 0 saturated carbocycles. The Kier molecular flexibility index (Phi) is 2.98. The van der Waals surface area contributed by atoms with Gasteiger partial charge in [-0.1, -0.05) is 30.4 Å². The van der Waals surface area contributed by atoms with Gasteiger partial charge in [-0.2, -0.15) is 0 Å². The molecule has 2 heteroatoms. The molecule has 76 valence electrons. The van der Waals surface area contributed by atoms with Crippen molar-refractivity contribution in [2.24, 2.45) is 0 Å². The first-order chi connectivity index (χ1) is 7.36. The summed E-state index contributed by atoms with van der Waals surface area (Å²) in [6.07, 6.45) is 7.55. The van der Waals surface area contributed by atoms with Crippen LogP contribution in [0.15, 0.2) is 54.3 Å². The molecule has 0 saturated heterocycles. The van der Waals surface area contributed by atoms with E-state index in [1.807, 2.05) is 30.4 Å². The predicted octanol–water partition coefficient (Wildman–Crippen LogP) is 3.08. The van der Waals surface area contributed by atoms with Gasteiger partial charge in [-0.25, -0.2) is 4.79 Å². The maximum absolute atomic E-state index is 11.6. The van der Waals surface area contributed by atoms with Crippen LogP contribution in [0, 0.1) is 0 Å². The summed E-state index contributed by atoms with van der Waals surface area (Å²) in [5.74, 6) is 0.462. The second kappa shape index (κ2) is 4.60. The topological polar surface area (TPSA) is 26.3 Å². The number of esters is 1. The Morgan fingerprint density at radius 1 is 1.20 bits per heavy atom. The van der Waals surface area contributed by atoms with Crippen LogP contribution in [0.4, 0.5) is 0 Å². The van der Waals surface area contributed by atoms with Crippen molar-refractivity contribution in [2.45, 2.75) is 12.8 Å². The number of hydrogen-bond acceptors (Lipinski definition) is 2. The van der Waals surface area contributed by atoms with Crippen molar-refractivity contribution in [3.63, 3.8) is 0 Å². The SMILES string of the molecule is O=C(OC1=CC=CCC1)c1ccccc1. The molecule has 0 heterocycles. The van der Waals surface area contributed by atoms with Crippen molar-refractivity contribution < 1.29 is 9.53 Å². The Bertz CT molecular complexity index is 402. The molecule has 2 nitrogen and oxygen atoms in total. The monoisotopic (exact) mass is 200 g/mol. The number of allylic oxidation sites excluding steroid dienone is 4. The predicted molar refractivity (Wildman–Crippen MR) is 58.3 cm³/mol. The van der Waals surface area contributed by atoms with Gasteiger partial charge in [0.05, 0.1) is 5.56 Å². The fourth-order valence-electron chi connectivity index (χ4n) is 1.42. The van der Waals surface area contributed by atoms with Crippen molar-refractivity contribution >= 4 is 5.97 Å². The molecular formula is C13H12O2. The van der Waals surface area contributed by atoms with E-state index < -0.39 is 0 Å². The average molecular weight is 200 g/mol. The van der Waals surface area contributed by atoms with E-state index in [0.717, 1.165) is 18.6 Å². The van der Waals surface area contributed by atoms with E-state index in [-0.39, 0.29) is 5.97 Å². The van der Waals surface area contributed by atoms with Crippen LogP contribution in [0.1, 0.15) is 23.2 Å². The van der Waals surface area contributed by atoms with E-state index in [0.29, 0.717) is 5.56 Å². The van der Waals surface area contributed by atoms with Gasteiger partial charge in [0.25, 0.3) is 0 Å². The Morgan fingerprint density at radius 3 is 2.67 bits per heavy atom. The largest absolute Gasteiger partial charge is 0.427 e. The van der Waals surface area contributed by atoms with Crippen LogP contribution in [-0.4, -0.2) is 5.97 Å². The average Bonchev–Trinajstić information content (AvgIpc) is 2.31. The summed E-state index contributed by atoms with van der Waals surface area (Å²) in [6, 6.07) is 9.03. The highest BCUT2D eigenvalue weighted by molar-refractivity contribution is 5.90. The molecule has 2 rings (SSSR count). The van der Waals surface area contributed by atoms with Crippen molar-refractivity contribution in [2.75, 3.05) is 0 Å². The van der Waals surface area contributed by atoms with Crippen molar-refractivity contribution in [1.82, 2.24) is 0 Å². The Labute approximate surface area is 88.9 Å². The van der Waals surface area contributed by atoms with E-state index in [1.54, 1.807) is 12.1 Å². The number of ether oxygens (including phenoxy) is 1. The molecule has 0 unspecified atom stereocenters. The summed E-state index contributed by atoms with van der Waals surface area (Å²) in [5.41, 5.74) is 0.591. The molecule has 0 bridgehead atoms. The van der Waals surface area contributed by atoms with Crippen LogP contribution in [0.3, 0.4) is 0 Å². The molecule has 0 amide bonds. The molecular weight excluding hydrogens is 188 g/mol. The minimum absolute atomic E-state index is 0.280. The smallest absolute Gasteiger partial charge is 0.343 e. The Hall–Kier alpha value is -1.83. The van der Waals surface area contributed by atoms with Gasteiger partial charge in [0, 0.05) is 6.42 Å². The number of benzene rings is 1. The third-order valence-corrected chi connectivity index (χ3v) is 2.21. The van der Waals surface area contributed by atoms with Gasteiger partial charge in [-0.15, -0.1) is 0 Å². The molecule has 1 aromatic rings. The first-order valence-corrected chi connectivity index (χ1v) is 4.99. The second-order valence-corrected chi connectivity index (χ2v) is 3.36. The highest BCUT2D eigenvalue weighted by Crippen LogP contribution is 2.15. The summed E-state index contributed by atoms with van der Waals surface area (Å²) in [7, 11) is 0. The highest BCUT2D eigenvalue weighted by atomic mass is 16.5. The maximum Gasteiger partial charge on any atom is 0.343 e. The minimum atomic E-state index is -0.280. The fraction of sp³-hybridized carbons (Fsp3) is 0.154. The zero-order valence-corrected chi connectivity index (χ0v) is 8.35. The lowest BCUT2D eigenvalue weighted by atomic mass is 10.1. The molecule has 1 aliphatic carbocycles. The number of hydrogen-bond donors (Lipinski definition) is 0. The summed E-state index contributed by atoms with van der Waals surface area (Å²) in [5, 5.41) is 0. The zero-order valence-electron chi connectivity index (χ0n) is 8.35. The normalized spacial score (nSPS) is 14.5. The van der Waals surface area contributed by atoms with Crippen molar-refractivity contribution in [1.29, 1.82) is 0 Å². The van der Waals surface area contributed by atoms with Gasteiger partial charge in [-0.05, 0) is 24.6 Å². The van der Waals surface area contributed by atoms with Crippen LogP contribution >= 0.6 is 0 Å². The molecule has 1 aromatic carbocycles. The van der Waals surface area contributed by atoms with Crippen LogP contribution < -0.4 is 0 Å². The van der Waals surface area contributed by atoms with Gasteiger partial charge >= 0.3 is 5.97 Å². The molecule has 0 aromatic heterocycles. The molecule has 0 aliphatic heterocycles. The lowest BCUT2D eigenvalue weighted by Gasteiger charge is -2.09. The molecule has 0 atom stereocenters. The molecule has 0 fully saturated rings. The lowest BCUT2D eigenvalue weighted by Crippen LogP contribution is -2.05. The van der Waals surface area contributed by atoms with Crippen LogP contribution in [0.5, 0.6) is 0 Å². The molecule has 0 N–H and O–H groups in total. The molecule has 1 aliphatic rings. The Morgan fingerprint density at radius 2 is 2.00 bits per heavy atom. The van der Waals surface area contributed by atoms with Gasteiger partial charge in [-0.3, -0.25) is 0 Å². The minimum Gasteiger partial charge on any atom is -0.427 e. The first-order valence-electron chi connectivity index (χ1n) is 4.99. The summed E-state index contributed by atoms with van der Waals surface area (Å²) in [6.45, 7) is 0. The quantitative estimate of drug-likeness (QED) is 0.686. The van der Waals surface area contributed by atoms with E-state index in [9.17, 15) is 4.79 Å². The third-order valence-electron chi connectivity index (χ3n) is 2.21. The van der Waals surface area contributed by atoms with Crippen LogP contribution in [0.2, 0.25) is 0 Å². The molecule has 15 heavy (non-hydrogen) atoms. The van der Waals surface area contributed by atoms with E-state index in [4.69, 9.17) is 4.74 Å². The van der Waals surface area contributed by atoms with Crippen LogP contribution in [-0.2, 0) is 4.74 Å². The van der Waals surface area contributed by atoms with E-state index in [2.05, 4.69) is 6.08 Å². The Balaban J connectivity index is 2.04. The lowest BCUT2D eigenvalue weighted by molar-refractivity contribution is 0.0614. The summed E-state index contributed by atoms with van der Waals surface area (Å²) in [4.78, 5) is 11.6. The zero-order chi connectivity index (χ0) is 10.5. The fourth-order valence-corrected chi connectivity index (χ4v) is 1.42. The highest BCUT2D eigenvalue weighted by Gasteiger charge is 2.09. The molecule has 0 spiro atoms. The van der Waals surface area contributed by atoms with E-state index in [1.165, 1.54) is 0 Å². The number of carbonyl (C=O) groups excluding carboxylic acids is 1. The van der Waals surface area contributed by atoms with Crippen LogP contribution in [0.25, 0.3) is 0 Å². The molecule has 0 radical (unpaired) electrons. The third kappa shape index (κ3) is 2.56. The first kappa shape index (κ1) is 9.71. The van der Waals surface area contributed by atoms with Crippen molar-refractivity contribution in [3.05, 3.63) is 59.9 Å². The summed E-state index contributed by atoms with van der Waals surface area (Å²) >= 11 is 0. The standard InChI is InChI=1S/C13H12O2/c14-13(11-7-3-1-4-8-11)15-12-9-5-2-6-10-12/h1-5,7-9H,6,10H2. The van der Waals surface area contributed by atoms with Gasteiger partial charge in [0.2, 0.25) is 0 Å². The van der Waals surface area contributed by atoms with Crippen molar-refractivity contribution in [3.8, 4) is 0 Å². The second-order valence-electron chi connectivity index (χ2n) is 3.36.